The van der Waals surface area contributed by atoms with Gasteiger partial charge in [0.25, 0.3) is 5.91 Å². The van der Waals surface area contributed by atoms with E-state index in [0.29, 0.717) is 44.1 Å². The standard InChI is InChI=1S/C21H28N2O5/c1-4-5-8-20(25)10-21(26-13-20)11-23(12-21)19(24)18-7-6-16(27-18)9-17-14(2)22-28-15(17)3/h6-7,25H,4-5,8-13H2,1-3H3. The van der Waals surface area contributed by atoms with Gasteiger partial charge >= 0.3 is 0 Å². The van der Waals surface area contributed by atoms with Gasteiger partial charge in [0.05, 0.1) is 31.0 Å². The number of carbonyl (C=O) groups is 1. The summed E-state index contributed by atoms with van der Waals surface area (Å²) in [5.74, 6) is 1.67. The molecule has 1 amide bonds. The van der Waals surface area contributed by atoms with Crippen LogP contribution in [0.5, 0.6) is 0 Å². The highest BCUT2D eigenvalue weighted by Gasteiger charge is 2.56. The van der Waals surface area contributed by atoms with Gasteiger partial charge in [-0.3, -0.25) is 4.79 Å². The topological polar surface area (TPSA) is 88.9 Å². The molecule has 4 rings (SSSR count). The first-order chi connectivity index (χ1) is 13.3. The Morgan fingerprint density at radius 3 is 2.79 bits per heavy atom. The van der Waals surface area contributed by atoms with Gasteiger partial charge in [-0.05, 0) is 32.4 Å². The van der Waals surface area contributed by atoms with E-state index in [1.807, 2.05) is 19.9 Å². The molecule has 2 aromatic heterocycles. The van der Waals surface area contributed by atoms with Gasteiger partial charge in [-0.2, -0.15) is 0 Å². The zero-order valence-electron chi connectivity index (χ0n) is 16.8. The number of ether oxygens (including phenoxy) is 1. The van der Waals surface area contributed by atoms with Crippen LogP contribution in [0, 0.1) is 13.8 Å². The Morgan fingerprint density at radius 1 is 1.32 bits per heavy atom. The fourth-order valence-corrected chi connectivity index (χ4v) is 4.32. The lowest BCUT2D eigenvalue weighted by molar-refractivity contribution is -0.0962. The summed E-state index contributed by atoms with van der Waals surface area (Å²) < 4.78 is 16.9. The Kier molecular flexibility index (Phi) is 4.83. The van der Waals surface area contributed by atoms with Crippen molar-refractivity contribution in [2.45, 2.75) is 64.1 Å². The van der Waals surface area contributed by atoms with Crippen molar-refractivity contribution in [1.29, 1.82) is 0 Å². The van der Waals surface area contributed by atoms with Crippen LogP contribution in [-0.4, -0.2) is 52.0 Å². The third-order valence-corrected chi connectivity index (χ3v) is 5.94. The molecule has 2 aliphatic rings. The number of nitrogens with zero attached hydrogens (tertiary/aromatic N) is 2. The molecule has 0 bridgehead atoms. The Balaban J connectivity index is 1.35. The molecule has 1 N–H and O–H groups in total. The molecule has 0 aliphatic carbocycles. The van der Waals surface area contributed by atoms with Crippen LogP contribution in [0.2, 0.25) is 0 Å². The molecule has 1 unspecified atom stereocenters. The first-order valence-electron chi connectivity index (χ1n) is 9.99. The predicted octanol–water partition coefficient (Wildman–Crippen LogP) is 3.01. The summed E-state index contributed by atoms with van der Waals surface area (Å²) in [5.41, 5.74) is 0.670. The summed E-state index contributed by atoms with van der Waals surface area (Å²) >= 11 is 0. The molecule has 2 saturated heterocycles. The van der Waals surface area contributed by atoms with Gasteiger partial charge in [0.2, 0.25) is 0 Å². The highest BCUT2D eigenvalue weighted by Crippen LogP contribution is 2.42. The molecule has 1 atom stereocenters. The van der Waals surface area contributed by atoms with E-state index in [4.69, 9.17) is 13.7 Å². The van der Waals surface area contributed by atoms with E-state index in [-0.39, 0.29) is 5.91 Å². The molecule has 0 saturated carbocycles. The second-order valence-electron chi connectivity index (χ2n) is 8.38. The van der Waals surface area contributed by atoms with Crippen LogP contribution < -0.4 is 0 Å². The first-order valence-corrected chi connectivity index (χ1v) is 9.99. The lowest BCUT2D eigenvalue weighted by Crippen LogP contribution is -2.63. The average Bonchev–Trinajstić information content (AvgIpc) is 3.33. The van der Waals surface area contributed by atoms with E-state index in [0.717, 1.165) is 36.3 Å². The SMILES string of the molecule is CCCCC1(O)COC2(CN(C(=O)c3ccc(Cc4c(C)noc4C)o3)C2)C1. The second kappa shape index (κ2) is 7.04. The number of aliphatic hydroxyl groups is 1. The maximum absolute atomic E-state index is 12.7. The third kappa shape index (κ3) is 3.49. The molecule has 2 aliphatic heterocycles. The van der Waals surface area contributed by atoms with Crippen molar-refractivity contribution in [2.24, 2.45) is 0 Å². The molecular weight excluding hydrogens is 360 g/mol. The van der Waals surface area contributed by atoms with Gasteiger partial charge in [-0.1, -0.05) is 24.9 Å². The van der Waals surface area contributed by atoms with Crippen molar-refractivity contribution >= 4 is 5.91 Å². The number of carbonyl (C=O) groups excluding carboxylic acids is 1. The maximum Gasteiger partial charge on any atom is 0.289 e. The number of amides is 1. The molecular formula is C21H28N2O5. The largest absolute Gasteiger partial charge is 0.456 e. The Morgan fingerprint density at radius 2 is 2.11 bits per heavy atom. The van der Waals surface area contributed by atoms with Crippen LogP contribution in [0.4, 0.5) is 0 Å². The number of aromatic nitrogens is 1. The summed E-state index contributed by atoms with van der Waals surface area (Å²) in [4.78, 5) is 14.5. The van der Waals surface area contributed by atoms with Crippen LogP contribution in [-0.2, 0) is 11.2 Å². The number of aryl methyl sites for hydroxylation is 2. The highest BCUT2D eigenvalue weighted by molar-refractivity contribution is 5.92. The van der Waals surface area contributed by atoms with Crippen molar-refractivity contribution in [2.75, 3.05) is 19.7 Å². The average molecular weight is 388 g/mol. The number of hydrogen-bond acceptors (Lipinski definition) is 6. The van der Waals surface area contributed by atoms with Gasteiger partial charge in [0, 0.05) is 18.4 Å². The van der Waals surface area contributed by atoms with E-state index < -0.39 is 11.2 Å². The highest BCUT2D eigenvalue weighted by atomic mass is 16.5. The van der Waals surface area contributed by atoms with E-state index in [1.54, 1.807) is 11.0 Å². The van der Waals surface area contributed by atoms with Gasteiger partial charge in [0.1, 0.15) is 17.1 Å². The summed E-state index contributed by atoms with van der Waals surface area (Å²) in [6.45, 7) is 7.23. The van der Waals surface area contributed by atoms with Crippen molar-refractivity contribution in [3.05, 3.63) is 40.7 Å². The lowest BCUT2D eigenvalue weighted by atomic mass is 9.82. The predicted molar refractivity (Wildman–Crippen MR) is 101 cm³/mol. The van der Waals surface area contributed by atoms with Crippen LogP contribution in [0.15, 0.2) is 21.1 Å². The van der Waals surface area contributed by atoms with Crippen molar-refractivity contribution in [3.8, 4) is 0 Å². The number of unbranched alkanes of at least 4 members (excludes halogenated alkanes) is 1. The molecule has 28 heavy (non-hydrogen) atoms. The van der Waals surface area contributed by atoms with Gasteiger partial charge < -0.3 is 23.7 Å². The molecule has 0 aromatic carbocycles. The number of furan rings is 1. The fourth-order valence-electron chi connectivity index (χ4n) is 4.32. The molecule has 0 radical (unpaired) electrons. The van der Waals surface area contributed by atoms with Gasteiger partial charge in [0.15, 0.2) is 5.76 Å². The zero-order chi connectivity index (χ0) is 19.9. The van der Waals surface area contributed by atoms with Crippen molar-refractivity contribution < 1.29 is 23.6 Å². The zero-order valence-corrected chi connectivity index (χ0v) is 16.8. The molecule has 1 spiro atoms. The van der Waals surface area contributed by atoms with E-state index in [2.05, 4.69) is 12.1 Å². The summed E-state index contributed by atoms with van der Waals surface area (Å²) in [6, 6.07) is 3.54. The smallest absolute Gasteiger partial charge is 0.289 e. The van der Waals surface area contributed by atoms with Crippen LogP contribution in [0.3, 0.4) is 0 Å². The van der Waals surface area contributed by atoms with Crippen molar-refractivity contribution in [1.82, 2.24) is 10.1 Å². The van der Waals surface area contributed by atoms with E-state index in [9.17, 15) is 9.90 Å². The third-order valence-electron chi connectivity index (χ3n) is 5.94. The van der Waals surface area contributed by atoms with E-state index >= 15 is 0 Å². The Bertz CT molecular complexity index is 845. The molecule has 4 heterocycles. The summed E-state index contributed by atoms with van der Waals surface area (Å²) in [5, 5.41) is 14.6. The Labute approximate surface area is 164 Å². The van der Waals surface area contributed by atoms with E-state index in [1.165, 1.54) is 0 Å². The van der Waals surface area contributed by atoms with Crippen LogP contribution >= 0.6 is 0 Å². The first kappa shape index (κ1) is 19.2. The normalized spacial score (nSPS) is 23.4. The molecule has 2 aromatic rings. The second-order valence-corrected chi connectivity index (χ2v) is 8.38. The maximum atomic E-state index is 12.7. The summed E-state index contributed by atoms with van der Waals surface area (Å²) in [7, 11) is 0. The summed E-state index contributed by atoms with van der Waals surface area (Å²) in [6.07, 6.45) is 3.93. The van der Waals surface area contributed by atoms with Crippen LogP contribution in [0.1, 0.15) is 65.9 Å². The molecule has 2 fully saturated rings. The Hall–Kier alpha value is -2.12. The minimum atomic E-state index is -0.753. The van der Waals surface area contributed by atoms with Gasteiger partial charge in [-0.25, -0.2) is 0 Å². The molecule has 152 valence electrons. The molecule has 7 nitrogen and oxygen atoms in total. The number of rotatable bonds is 6. The minimum absolute atomic E-state index is 0.136. The number of likely N-dealkylation sites (tertiary alicyclic amines) is 1. The molecule has 7 heteroatoms. The fraction of sp³-hybridized carbons (Fsp3) is 0.619. The van der Waals surface area contributed by atoms with Crippen molar-refractivity contribution in [3.63, 3.8) is 0 Å². The van der Waals surface area contributed by atoms with Crippen LogP contribution in [0.25, 0.3) is 0 Å². The minimum Gasteiger partial charge on any atom is -0.456 e. The number of hydrogen-bond donors (Lipinski definition) is 1. The quantitative estimate of drug-likeness (QED) is 0.818. The van der Waals surface area contributed by atoms with Gasteiger partial charge in [-0.15, -0.1) is 0 Å². The monoisotopic (exact) mass is 388 g/mol. The lowest BCUT2D eigenvalue weighted by Gasteiger charge is -2.46.